The van der Waals surface area contributed by atoms with E-state index >= 15 is 0 Å². The molecule has 17 heavy (non-hydrogen) atoms. The fourth-order valence-electron chi connectivity index (χ4n) is 1.72. The highest BCUT2D eigenvalue weighted by molar-refractivity contribution is 7.98. The maximum atomic E-state index is 3.67. The van der Waals surface area contributed by atoms with Gasteiger partial charge in [-0.15, -0.1) is 22.7 Å². The summed E-state index contributed by atoms with van der Waals surface area (Å²) in [4.78, 5) is 2.83. The molecule has 0 aromatic carbocycles. The fraction of sp³-hybridized carbons (Fsp3) is 0.385. The third kappa shape index (κ3) is 3.85. The average molecular weight is 283 g/mol. The van der Waals surface area contributed by atoms with Crippen molar-refractivity contribution in [1.29, 1.82) is 0 Å². The van der Waals surface area contributed by atoms with Crippen LogP contribution in [0.3, 0.4) is 0 Å². The molecule has 0 spiro atoms. The highest BCUT2D eigenvalue weighted by Crippen LogP contribution is 2.28. The van der Waals surface area contributed by atoms with Gasteiger partial charge >= 0.3 is 0 Å². The summed E-state index contributed by atoms with van der Waals surface area (Å²) in [7, 11) is 0. The summed E-state index contributed by atoms with van der Waals surface area (Å²) in [6.45, 7) is 1.08. The van der Waals surface area contributed by atoms with Gasteiger partial charge in [-0.05, 0) is 47.9 Å². The number of thiophene rings is 2. The molecule has 2 aromatic rings. The van der Waals surface area contributed by atoms with Crippen LogP contribution in [0.4, 0.5) is 0 Å². The summed E-state index contributed by atoms with van der Waals surface area (Å²) >= 11 is 5.58. The monoisotopic (exact) mass is 283 g/mol. The predicted molar refractivity (Wildman–Crippen MR) is 81.5 cm³/mol. The summed E-state index contributed by atoms with van der Waals surface area (Å²) in [5, 5.41) is 7.97. The first-order chi connectivity index (χ1) is 8.42. The van der Waals surface area contributed by atoms with Crippen molar-refractivity contribution in [2.45, 2.75) is 12.5 Å². The third-order valence-electron chi connectivity index (χ3n) is 2.53. The van der Waals surface area contributed by atoms with E-state index in [-0.39, 0.29) is 0 Å². The molecule has 2 heterocycles. The number of hydrogen-bond acceptors (Lipinski definition) is 4. The number of hydrogen-bond donors (Lipinski definition) is 1. The molecule has 0 saturated heterocycles. The van der Waals surface area contributed by atoms with Crippen molar-refractivity contribution in [2.24, 2.45) is 0 Å². The smallest absolute Gasteiger partial charge is 0.0764 e. The lowest BCUT2D eigenvalue weighted by atomic mass is 10.2. The van der Waals surface area contributed by atoms with Crippen LogP contribution in [0.25, 0.3) is 0 Å². The zero-order chi connectivity index (χ0) is 11.9. The van der Waals surface area contributed by atoms with Gasteiger partial charge in [-0.2, -0.15) is 11.8 Å². The van der Waals surface area contributed by atoms with Crippen LogP contribution in [0.1, 0.15) is 22.2 Å². The van der Waals surface area contributed by atoms with Crippen LogP contribution < -0.4 is 5.32 Å². The molecule has 0 unspecified atom stereocenters. The summed E-state index contributed by atoms with van der Waals surface area (Å²) in [5.74, 6) is 1.23. The van der Waals surface area contributed by atoms with Crippen molar-refractivity contribution in [3.8, 4) is 0 Å². The van der Waals surface area contributed by atoms with Crippen LogP contribution in [-0.4, -0.2) is 18.6 Å². The van der Waals surface area contributed by atoms with Crippen molar-refractivity contribution in [1.82, 2.24) is 5.32 Å². The summed E-state index contributed by atoms with van der Waals surface area (Å²) in [5.41, 5.74) is 0. The van der Waals surface area contributed by atoms with Gasteiger partial charge in [0.05, 0.1) is 6.04 Å². The van der Waals surface area contributed by atoms with Gasteiger partial charge in [0.15, 0.2) is 0 Å². The highest BCUT2D eigenvalue weighted by Gasteiger charge is 2.14. The molecular formula is C13H17NS3. The molecule has 92 valence electrons. The Morgan fingerprint density at radius 1 is 1.18 bits per heavy atom. The first kappa shape index (κ1) is 13.1. The van der Waals surface area contributed by atoms with Gasteiger partial charge in [-0.3, -0.25) is 0 Å². The van der Waals surface area contributed by atoms with Gasteiger partial charge in [0.2, 0.25) is 0 Å². The maximum absolute atomic E-state index is 3.67. The summed E-state index contributed by atoms with van der Waals surface area (Å²) in [6, 6.07) is 9.08. The van der Waals surface area contributed by atoms with Gasteiger partial charge in [0, 0.05) is 9.75 Å². The Morgan fingerprint density at radius 2 is 1.82 bits per heavy atom. The van der Waals surface area contributed by atoms with Gasteiger partial charge in [0.25, 0.3) is 0 Å². The summed E-state index contributed by atoms with van der Waals surface area (Å²) < 4.78 is 0. The minimum Gasteiger partial charge on any atom is -0.305 e. The normalized spacial score (nSPS) is 11.2. The minimum absolute atomic E-state index is 0.386. The predicted octanol–water partition coefficient (Wildman–Crippen LogP) is 4.24. The third-order valence-corrected chi connectivity index (χ3v) is 5.10. The van der Waals surface area contributed by atoms with E-state index in [0.29, 0.717) is 6.04 Å². The molecule has 4 heteroatoms. The van der Waals surface area contributed by atoms with Crippen LogP contribution in [0, 0.1) is 0 Å². The Labute approximate surface area is 115 Å². The van der Waals surface area contributed by atoms with E-state index in [0.717, 1.165) is 6.54 Å². The van der Waals surface area contributed by atoms with Crippen LogP contribution in [0.5, 0.6) is 0 Å². The Bertz CT molecular complexity index is 360. The van der Waals surface area contributed by atoms with E-state index in [1.165, 1.54) is 21.9 Å². The lowest BCUT2D eigenvalue weighted by Gasteiger charge is -2.15. The van der Waals surface area contributed by atoms with Crippen molar-refractivity contribution in [2.75, 3.05) is 18.6 Å². The number of rotatable bonds is 7. The minimum atomic E-state index is 0.386. The van der Waals surface area contributed by atoms with Gasteiger partial charge in [-0.25, -0.2) is 0 Å². The first-order valence-electron chi connectivity index (χ1n) is 5.71. The van der Waals surface area contributed by atoms with Gasteiger partial charge in [-0.1, -0.05) is 12.1 Å². The molecule has 1 N–H and O–H groups in total. The molecule has 0 atom stereocenters. The standard InChI is InChI=1S/C13H17NS3/c1-15-8-4-7-14-13(11-5-2-9-16-11)12-6-3-10-17-12/h2-3,5-6,9-10,13-14H,4,7-8H2,1H3. The van der Waals surface area contributed by atoms with Crippen LogP contribution in [0.2, 0.25) is 0 Å². The molecular weight excluding hydrogens is 266 g/mol. The van der Waals surface area contributed by atoms with Crippen molar-refractivity contribution < 1.29 is 0 Å². The zero-order valence-corrected chi connectivity index (χ0v) is 12.3. The van der Waals surface area contributed by atoms with E-state index < -0.39 is 0 Å². The molecule has 2 rings (SSSR count). The first-order valence-corrected chi connectivity index (χ1v) is 8.86. The average Bonchev–Trinajstić information content (AvgIpc) is 3.02. The number of nitrogens with one attached hydrogen (secondary N) is 1. The Balaban J connectivity index is 1.99. The SMILES string of the molecule is CSCCCNC(c1cccs1)c1cccs1. The Morgan fingerprint density at radius 3 is 2.29 bits per heavy atom. The second-order valence-electron chi connectivity index (χ2n) is 3.76. The molecule has 0 fully saturated rings. The lowest BCUT2D eigenvalue weighted by Crippen LogP contribution is -2.22. The second-order valence-corrected chi connectivity index (χ2v) is 6.71. The molecule has 0 aliphatic heterocycles. The molecule has 1 nitrogen and oxygen atoms in total. The largest absolute Gasteiger partial charge is 0.305 e. The maximum Gasteiger partial charge on any atom is 0.0764 e. The van der Waals surface area contributed by atoms with Crippen LogP contribution in [0.15, 0.2) is 35.0 Å². The molecule has 0 radical (unpaired) electrons. The van der Waals surface area contributed by atoms with Crippen molar-refractivity contribution >= 4 is 34.4 Å². The Hall–Kier alpha value is -0.290. The second kappa shape index (κ2) is 7.21. The molecule has 0 saturated carbocycles. The van der Waals surface area contributed by atoms with Crippen LogP contribution in [-0.2, 0) is 0 Å². The molecule has 0 aliphatic rings. The zero-order valence-electron chi connectivity index (χ0n) is 9.89. The lowest BCUT2D eigenvalue weighted by molar-refractivity contribution is 0.615. The van der Waals surface area contributed by atoms with Gasteiger partial charge < -0.3 is 5.32 Å². The van der Waals surface area contributed by atoms with E-state index in [1.807, 2.05) is 34.4 Å². The quantitative estimate of drug-likeness (QED) is 0.763. The van der Waals surface area contributed by atoms with Gasteiger partial charge in [0.1, 0.15) is 0 Å². The highest BCUT2D eigenvalue weighted by atomic mass is 32.2. The summed E-state index contributed by atoms with van der Waals surface area (Å²) in [6.07, 6.45) is 3.39. The molecule has 0 bridgehead atoms. The molecule has 0 aliphatic carbocycles. The van der Waals surface area contributed by atoms with E-state index in [1.54, 1.807) is 0 Å². The van der Waals surface area contributed by atoms with Crippen molar-refractivity contribution in [3.05, 3.63) is 44.8 Å². The van der Waals surface area contributed by atoms with E-state index in [4.69, 9.17) is 0 Å². The number of thioether (sulfide) groups is 1. The van der Waals surface area contributed by atoms with Crippen molar-refractivity contribution in [3.63, 3.8) is 0 Å². The Kier molecular flexibility index (Phi) is 5.58. The van der Waals surface area contributed by atoms with E-state index in [2.05, 4.69) is 46.6 Å². The fourth-order valence-corrected chi connectivity index (χ4v) is 3.86. The van der Waals surface area contributed by atoms with E-state index in [9.17, 15) is 0 Å². The topological polar surface area (TPSA) is 12.0 Å². The van der Waals surface area contributed by atoms with Crippen LogP contribution >= 0.6 is 34.4 Å². The molecule has 2 aromatic heterocycles. The molecule has 0 amide bonds.